The number of rotatable bonds is 4. The van der Waals surface area contributed by atoms with Crippen LogP contribution in [0.3, 0.4) is 0 Å². The van der Waals surface area contributed by atoms with Gasteiger partial charge in [-0.15, -0.1) is 5.10 Å². The molecule has 3 aromatic rings. The summed E-state index contributed by atoms with van der Waals surface area (Å²) in [5, 5.41) is 13.0. The van der Waals surface area contributed by atoms with E-state index >= 15 is 0 Å². The number of hydrogen-bond acceptors (Lipinski definition) is 4. The minimum Gasteiger partial charge on any atom is -0.395 e. The van der Waals surface area contributed by atoms with Gasteiger partial charge in [0, 0.05) is 5.56 Å². The SMILES string of the molecule is CC(C)(CO)C(N)=O.O=c1[nH]c(-c2ccccc2Cl)nn1-c1ccc(C(F)(F)F)cc1. The molecular weight excluding hydrogens is 437 g/mol. The maximum atomic E-state index is 12.6. The van der Waals surface area contributed by atoms with Crippen molar-refractivity contribution in [1.29, 1.82) is 0 Å². The van der Waals surface area contributed by atoms with E-state index in [1.165, 1.54) is 12.1 Å². The molecule has 0 atom stereocenters. The zero-order valence-corrected chi connectivity index (χ0v) is 17.3. The van der Waals surface area contributed by atoms with Crippen LogP contribution in [0.4, 0.5) is 13.2 Å². The van der Waals surface area contributed by atoms with E-state index < -0.39 is 28.8 Å². The molecule has 0 spiro atoms. The van der Waals surface area contributed by atoms with Crippen LogP contribution in [0.15, 0.2) is 53.3 Å². The number of halogens is 4. The lowest BCUT2D eigenvalue weighted by atomic mass is 9.94. The predicted octanol–water partition coefficient (Wildman–Crippen LogP) is 3.39. The number of H-pyrrole nitrogens is 1. The Balaban J connectivity index is 0.000000366. The number of hydrogen-bond donors (Lipinski definition) is 3. The fourth-order valence-electron chi connectivity index (χ4n) is 2.14. The first-order valence-corrected chi connectivity index (χ1v) is 9.27. The summed E-state index contributed by atoms with van der Waals surface area (Å²) in [4.78, 5) is 24.8. The van der Waals surface area contributed by atoms with Crippen molar-refractivity contribution < 1.29 is 23.1 Å². The van der Waals surface area contributed by atoms with Crippen molar-refractivity contribution in [3.8, 4) is 17.1 Å². The highest BCUT2D eigenvalue weighted by Gasteiger charge is 2.30. The number of nitrogens with two attached hydrogens (primary N) is 1. The maximum Gasteiger partial charge on any atom is 0.416 e. The van der Waals surface area contributed by atoms with Crippen LogP contribution in [-0.2, 0) is 11.0 Å². The number of carbonyl (C=O) groups excluding carboxylic acids is 1. The second-order valence-electron chi connectivity index (χ2n) is 7.12. The summed E-state index contributed by atoms with van der Waals surface area (Å²) in [6, 6.07) is 10.9. The molecule has 3 rings (SSSR count). The average Bonchev–Trinajstić information content (AvgIpc) is 3.09. The minimum atomic E-state index is -4.43. The van der Waals surface area contributed by atoms with Crippen molar-refractivity contribution in [3.63, 3.8) is 0 Å². The first-order valence-electron chi connectivity index (χ1n) is 8.89. The molecule has 0 saturated carbocycles. The Morgan fingerprint density at radius 1 is 1.16 bits per heavy atom. The van der Waals surface area contributed by atoms with Crippen molar-refractivity contribution in [1.82, 2.24) is 14.8 Å². The lowest BCUT2D eigenvalue weighted by Crippen LogP contribution is -2.34. The zero-order valence-electron chi connectivity index (χ0n) is 16.6. The lowest BCUT2D eigenvalue weighted by molar-refractivity contribution is -0.137. The first kappa shape index (κ1) is 24.2. The molecule has 1 aromatic heterocycles. The topological polar surface area (TPSA) is 114 Å². The van der Waals surface area contributed by atoms with Gasteiger partial charge in [0.15, 0.2) is 5.82 Å². The van der Waals surface area contributed by atoms with Gasteiger partial charge >= 0.3 is 11.9 Å². The Hall–Kier alpha value is -3.11. The Morgan fingerprint density at radius 2 is 1.74 bits per heavy atom. The van der Waals surface area contributed by atoms with Gasteiger partial charge in [0.2, 0.25) is 5.91 Å². The summed E-state index contributed by atoms with van der Waals surface area (Å²) in [5.41, 5.74) is 3.50. The van der Waals surface area contributed by atoms with E-state index in [0.29, 0.717) is 10.6 Å². The normalized spacial score (nSPS) is 11.6. The molecule has 11 heteroatoms. The Bertz CT molecular complexity index is 1110. The largest absolute Gasteiger partial charge is 0.416 e. The van der Waals surface area contributed by atoms with Gasteiger partial charge < -0.3 is 10.8 Å². The first-order chi connectivity index (χ1) is 14.4. The Kier molecular flexibility index (Phi) is 7.29. The van der Waals surface area contributed by atoms with Crippen molar-refractivity contribution in [2.45, 2.75) is 20.0 Å². The molecule has 0 aliphatic heterocycles. The molecule has 0 aliphatic carbocycles. The van der Waals surface area contributed by atoms with E-state index in [9.17, 15) is 22.8 Å². The number of benzene rings is 2. The number of aliphatic hydroxyl groups is 1. The summed E-state index contributed by atoms with van der Waals surface area (Å²) in [6.07, 6.45) is -4.43. The summed E-state index contributed by atoms with van der Waals surface area (Å²) >= 11 is 6.04. The van der Waals surface area contributed by atoms with Crippen LogP contribution in [-0.4, -0.2) is 32.4 Å². The molecule has 0 saturated heterocycles. The van der Waals surface area contributed by atoms with E-state index in [0.717, 1.165) is 16.8 Å². The van der Waals surface area contributed by atoms with Crippen molar-refractivity contribution in [2.75, 3.05) is 6.61 Å². The maximum absolute atomic E-state index is 12.6. The van der Waals surface area contributed by atoms with Crippen molar-refractivity contribution in [3.05, 3.63) is 69.6 Å². The van der Waals surface area contributed by atoms with Crippen LogP contribution < -0.4 is 11.4 Å². The van der Waals surface area contributed by atoms with Crippen LogP contribution in [0.1, 0.15) is 19.4 Å². The van der Waals surface area contributed by atoms with Gasteiger partial charge in [-0.05, 0) is 50.2 Å². The van der Waals surface area contributed by atoms with Crippen molar-refractivity contribution in [2.24, 2.45) is 11.1 Å². The number of primary amides is 1. The van der Waals surface area contributed by atoms with E-state index in [1.807, 2.05) is 0 Å². The summed E-state index contributed by atoms with van der Waals surface area (Å²) in [7, 11) is 0. The summed E-state index contributed by atoms with van der Waals surface area (Å²) in [6.45, 7) is 2.99. The van der Waals surface area contributed by atoms with E-state index in [4.69, 9.17) is 22.4 Å². The highest BCUT2D eigenvalue weighted by molar-refractivity contribution is 6.33. The second kappa shape index (κ2) is 9.36. The van der Waals surface area contributed by atoms with Gasteiger partial charge in [0.1, 0.15) is 0 Å². The fourth-order valence-corrected chi connectivity index (χ4v) is 2.37. The third kappa shape index (κ3) is 5.96. The minimum absolute atomic E-state index is 0.192. The molecule has 1 amide bonds. The number of aliphatic hydroxyl groups excluding tert-OH is 1. The number of amides is 1. The molecule has 7 nitrogen and oxygen atoms in total. The highest BCUT2D eigenvalue weighted by Crippen LogP contribution is 2.29. The molecule has 0 fully saturated rings. The number of carbonyl (C=O) groups is 1. The molecule has 0 aliphatic rings. The number of aromatic amines is 1. The number of aromatic nitrogens is 3. The fraction of sp³-hybridized carbons (Fsp3) is 0.250. The van der Waals surface area contributed by atoms with Gasteiger partial charge in [-0.25, -0.2) is 4.79 Å². The standard InChI is InChI=1S/C15H9ClF3N3O.C5H11NO2/c16-12-4-2-1-3-11(12)13-20-14(23)22(21-13)10-7-5-9(6-8-10)15(17,18)19;1-5(2,3-7)4(6)8/h1-8H,(H,20,21,23);7H,3H2,1-2H3,(H2,6,8). The quantitative estimate of drug-likeness (QED) is 0.558. The number of nitrogens with zero attached hydrogens (tertiary/aromatic N) is 2. The number of alkyl halides is 3. The Labute approximate surface area is 180 Å². The molecule has 0 unspecified atom stereocenters. The van der Waals surface area contributed by atoms with Gasteiger partial charge in [-0.3, -0.25) is 9.78 Å². The lowest BCUT2D eigenvalue weighted by Gasteiger charge is -2.15. The van der Waals surface area contributed by atoms with Gasteiger partial charge in [0.05, 0.1) is 28.3 Å². The molecule has 166 valence electrons. The van der Waals surface area contributed by atoms with Crippen LogP contribution in [0.5, 0.6) is 0 Å². The van der Waals surface area contributed by atoms with Crippen LogP contribution in [0.2, 0.25) is 5.02 Å². The summed E-state index contributed by atoms with van der Waals surface area (Å²) < 4.78 is 38.7. The molecule has 1 heterocycles. The average molecular weight is 457 g/mol. The zero-order chi connectivity index (χ0) is 23.4. The van der Waals surface area contributed by atoms with Crippen LogP contribution in [0, 0.1) is 5.41 Å². The van der Waals surface area contributed by atoms with Gasteiger partial charge in [-0.2, -0.15) is 17.9 Å². The van der Waals surface area contributed by atoms with E-state index in [1.54, 1.807) is 38.1 Å². The molecule has 0 bridgehead atoms. The monoisotopic (exact) mass is 456 g/mol. The van der Waals surface area contributed by atoms with E-state index in [2.05, 4.69) is 10.1 Å². The third-order valence-electron chi connectivity index (χ3n) is 4.25. The molecular formula is C20H20ClF3N4O3. The third-order valence-corrected chi connectivity index (χ3v) is 4.58. The van der Waals surface area contributed by atoms with E-state index in [-0.39, 0.29) is 18.1 Å². The molecule has 2 aromatic carbocycles. The molecule has 31 heavy (non-hydrogen) atoms. The van der Waals surface area contributed by atoms with Crippen LogP contribution in [0.25, 0.3) is 17.1 Å². The van der Waals surface area contributed by atoms with Crippen molar-refractivity contribution >= 4 is 17.5 Å². The highest BCUT2D eigenvalue weighted by atomic mass is 35.5. The molecule has 4 N–H and O–H groups in total. The number of nitrogens with one attached hydrogen (secondary N) is 1. The summed E-state index contributed by atoms with van der Waals surface area (Å²) in [5.74, 6) is -0.236. The predicted molar refractivity (Wildman–Crippen MR) is 110 cm³/mol. The van der Waals surface area contributed by atoms with Gasteiger partial charge in [-0.1, -0.05) is 23.7 Å². The smallest absolute Gasteiger partial charge is 0.395 e. The van der Waals surface area contributed by atoms with Crippen LogP contribution >= 0.6 is 11.6 Å². The van der Waals surface area contributed by atoms with Gasteiger partial charge in [0.25, 0.3) is 0 Å². The Morgan fingerprint density at radius 3 is 2.19 bits per heavy atom. The molecule has 0 radical (unpaired) electrons. The second-order valence-corrected chi connectivity index (χ2v) is 7.53.